The lowest BCUT2D eigenvalue weighted by molar-refractivity contribution is 0.154. The van der Waals surface area contributed by atoms with Gasteiger partial charge in [0.25, 0.3) is 0 Å². The van der Waals surface area contributed by atoms with Crippen LogP contribution in [0.25, 0.3) is 0 Å². The van der Waals surface area contributed by atoms with Crippen LogP contribution in [0.1, 0.15) is 128 Å². The second-order valence-corrected chi connectivity index (χ2v) is 9.17. The first-order valence-corrected chi connectivity index (χ1v) is 13.2. The molecule has 0 aliphatic carbocycles. The van der Waals surface area contributed by atoms with Gasteiger partial charge in [0.2, 0.25) is 5.90 Å². The molecule has 1 heterocycles. The fourth-order valence-corrected chi connectivity index (χ4v) is 4.43. The Kier molecular flexibility index (Phi) is 14.5. The first-order chi connectivity index (χ1) is 14.9. The molecular formula is C28H47NO. The average Bonchev–Trinajstić information content (AvgIpc) is 2.79. The van der Waals surface area contributed by atoms with Crippen LogP contribution in [-0.2, 0) is 4.74 Å². The Hall–Kier alpha value is -1.31. The summed E-state index contributed by atoms with van der Waals surface area (Å²) in [6.07, 6.45) is 25.4. The minimum atomic E-state index is 0.365. The highest BCUT2D eigenvalue weighted by molar-refractivity contribution is 5.94. The first kappa shape index (κ1) is 25.0. The third-order valence-electron chi connectivity index (χ3n) is 6.39. The van der Waals surface area contributed by atoms with Gasteiger partial charge in [-0.25, -0.2) is 0 Å². The summed E-state index contributed by atoms with van der Waals surface area (Å²) in [4.78, 5) is 4.57. The minimum Gasteiger partial charge on any atom is -0.474 e. The highest BCUT2D eigenvalue weighted by Gasteiger charge is 2.18. The Morgan fingerprint density at radius 2 is 1.20 bits per heavy atom. The van der Waals surface area contributed by atoms with E-state index in [2.05, 4.69) is 36.2 Å². The van der Waals surface area contributed by atoms with Gasteiger partial charge in [-0.2, -0.15) is 0 Å². The standard InChI is InChI=1S/C28H47NO/c1-2-3-4-5-6-7-8-9-10-11-12-13-14-15-16-20-23-27-24-25-29-28(30-27)26-21-18-17-19-22-26/h17-19,21-22,27H,2-16,20,23-25H2,1H3. The van der Waals surface area contributed by atoms with Gasteiger partial charge in [-0.3, -0.25) is 4.99 Å². The minimum absolute atomic E-state index is 0.365. The third-order valence-corrected chi connectivity index (χ3v) is 6.39. The zero-order valence-electron chi connectivity index (χ0n) is 19.8. The van der Waals surface area contributed by atoms with Crippen LogP contribution in [-0.4, -0.2) is 18.5 Å². The van der Waals surface area contributed by atoms with E-state index < -0.39 is 0 Å². The van der Waals surface area contributed by atoms with Crippen LogP contribution in [0.15, 0.2) is 35.3 Å². The summed E-state index contributed by atoms with van der Waals surface area (Å²) in [5.41, 5.74) is 1.12. The van der Waals surface area contributed by atoms with Crippen molar-refractivity contribution in [3.8, 4) is 0 Å². The molecule has 0 radical (unpaired) electrons. The molecule has 0 fully saturated rings. The molecule has 1 aromatic rings. The summed E-state index contributed by atoms with van der Waals surface area (Å²) in [6, 6.07) is 10.3. The molecule has 0 spiro atoms. The number of nitrogens with zero attached hydrogens (tertiary/aromatic N) is 1. The predicted octanol–water partition coefficient (Wildman–Crippen LogP) is 8.87. The third kappa shape index (κ3) is 11.8. The molecule has 0 saturated carbocycles. The van der Waals surface area contributed by atoms with Gasteiger partial charge in [0.05, 0.1) is 0 Å². The number of hydrogen-bond donors (Lipinski definition) is 0. The van der Waals surface area contributed by atoms with Crippen molar-refractivity contribution < 1.29 is 4.74 Å². The molecular weight excluding hydrogens is 366 g/mol. The second-order valence-electron chi connectivity index (χ2n) is 9.17. The highest BCUT2D eigenvalue weighted by atomic mass is 16.5. The second kappa shape index (κ2) is 17.4. The van der Waals surface area contributed by atoms with E-state index in [0.717, 1.165) is 24.4 Å². The Morgan fingerprint density at radius 3 is 1.73 bits per heavy atom. The van der Waals surface area contributed by atoms with E-state index in [-0.39, 0.29) is 0 Å². The van der Waals surface area contributed by atoms with Crippen LogP contribution in [0.3, 0.4) is 0 Å². The zero-order valence-corrected chi connectivity index (χ0v) is 19.8. The molecule has 30 heavy (non-hydrogen) atoms. The fourth-order valence-electron chi connectivity index (χ4n) is 4.43. The lowest BCUT2D eigenvalue weighted by Crippen LogP contribution is -2.24. The fraction of sp³-hybridized carbons (Fsp3) is 0.750. The Balaban J connectivity index is 1.34. The maximum atomic E-state index is 6.15. The maximum absolute atomic E-state index is 6.15. The van der Waals surface area contributed by atoms with Crippen molar-refractivity contribution in [3.05, 3.63) is 35.9 Å². The van der Waals surface area contributed by atoms with E-state index >= 15 is 0 Å². The number of benzene rings is 1. The van der Waals surface area contributed by atoms with Crippen LogP contribution >= 0.6 is 0 Å². The number of aliphatic imine (C=N–C) groups is 1. The van der Waals surface area contributed by atoms with E-state index in [9.17, 15) is 0 Å². The van der Waals surface area contributed by atoms with Gasteiger partial charge in [0.15, 0.2) is 0 Å². The summed E-state index contributed by atoms with van der Waals surface area (Å²) < 4.78 is 6.15. The van der Waals surface area contributed by atoms with Gasteiger partial charge >= 0.3 is 0 Å². The Bertz CT molecular complexity index is 539. The van der Waals surface area contributed by atoms with Crippen LogP contribution in [0.2, 0.25) is 0 Å². The quantitative estimate of drug-likeness (QED) is 0.220. The van der Waals surface area contributed by atoms with Gasteiger partial charge in [-0.05, 0) is 25.0 Å². The summed E-state index contributed by atoms with van der Waals surface area (Å²) in [5, 5.41) is 0. The van der Waals surface area contributed by atoms with Crippen LogP contribution in [0.5, 0.6) is 0 Å². The molecule has 2 heteroatoms. The molecule has 2 nitrogen and oxygen atoms in total. The van der Waals surface area contributed by atoms with Crippen LogP contribution in [0, 0.1) is 0 Å². The maximum Gasteiger partial charge on any atom is 0.216 e. The van der Waals surface area contributed by atoms with Crippen LogP contribution in [0.4, 0.5) is 0 Å². The molecule has 0 aromatic heterocycles. The van der Waals surface area contributed by atoms with Gasteiger partial charge in [-0.1, -0.05) is 121 Å². The van der Waals surface area contributed by atoms with E-state index in [1.807, 2.05) is 6.07 Å². The number of unbranched alkanes of at least 4 members (excludes halogenated alkanes) is 15. The Labute approximate surface area is 186 Å². The normalized spacial score (nSPS) is 16.3. The van der Waals surface area contributed by atoms with E-state index in [0.29, 0.717) is 6.10 Å². The monoisotopic (exact) mass is 413 g/mol. The van der Waals surface area contributed by atoms with E-state index in [1.165, 1.54) is 109 Å². The molecule has 0 amide bonds. The molecule has 2 rings (SSSR count). The highest BCUT2D eigenvalue weighted by Crippen LogP contribution is 2.19. The van der Waals surface area contributed by atoms with Crippen LogP contribution < -0.4 is 0 Å². The lowest BCUT2D eigenvalue weighted by atomic mass is 10.0. The molecule has 170 valence electrons. The number of ether oxygens (including phenoxy) is 1. The van der Waals surface area contributed by atoms with Crippen molar-refractivity contribution in [2.45, 2.75) is 129 Å². The summed E-state index contributed by atoms with van der Waals surface area (Å²) in [6.45, 7) is 3.21. The Morgan fingerprint density at radius 1 is 0.700 bits per heavy atom. The molecule has 0 bridgehead atoms. The van der Waals surface area contributed by atoms with Crippen molar-refractivity contribution in [1.82, 2.24) is 0 Å². The van der Waals surface area contributed by atoms with Gasteiger partial charge in [0, 0.05) is 18.5 Å². The SMILES string of the molecule is CCCCCCCCCCCCCCCCCCC1CCN=C(c2ccccc2)O1. The number of rotatable bonds is 18. The molecule has 1 aliphatic rings. The smallest absolute Gasteiger partial charge is 0.216 e. The van der Waals surface area contributed by atoms with Crippen molar-refractivity contribution >= 4 is 5.90 Å². The van der Waals surface area contributed by atoms with Crippen molar-refractivity contribution in [1.29, 1.82) is 0 Å². The van der Waals surface area contributed by atoms with E-state index in [1.54, 1.807) is 0 Å². The summed E-state index contributed by atoms with van der Waals surface area (Å²) in [7, 11) is 0. The summed E-state index contributed by atoms with van der Waals surface area (Å²) in [5.74, 6) is 0.850. The largest absolute Gasteiger partial charge is 0.474 e. The molecule has 1 atom stereocenters. The average molecular weight is 414 g/mol. The number of hydrogen-bond acceptors (Lipinski definition) is 2. The molecule has 0 saturated heterocycles. The topological polar surface area (TPSA) is 21.6 Å². The molecule has 0 N–H and O–H groups in total. The van der Waals surface area contributed by atoms with Crippen molar-refractivity contribution in [2.24, 2.45) is 4.99 Å². The van der Waals surface area contributed by atoms with Gasteiger partial charge < -0.3 is 4.74 Å². The molecule has 1 aliphatic heterocycles. The van der Waals surface area contributed by atoms with Gasteiger partial charge in [-0.15, -0.1) is 0 Å². The summed E-state index contributed by atoms with van der Waals surface area (Å²) >= 11 is 0. The van der Waals surface area contributed by atoms with Crippen molar-refractivity contribution in [3.63, 3.8) is 0 Å². The van der Waals surface area contributed by atoms with E-state index in [4.69, 9.17) is 4.74 Å². The zero-order chi connectivity index (χ0) is 21.1. The lowest BCUT2D eigenvalue weighted by Gasteiger charge is -2.24. The predicted molar refractivity (Wildman–Crippen MR) is 131 cm³/mol. The van der Waals surface area contributed by atoms with Gasteiger partial charge in [0.1, 0.15) is 6.10 Å². The van der Waals surface area contributed by atoms with Crippen molar-refractivity contribution in [2.75, 3.05) is 6.54 Å². The first-order valence-electron chi connectivity index (χ1n) is 13.2. The molecule has 1 unspecified atom stereocenters. The molecule has 1 aromatic carbocycles.